The van der Waals surface area contributed by atoms with E-state index in [2.05, 4.69) is 22.5 Å². The summed E-state index contributed by atoms with van der Waals surface area (Å²) in [5.74, 6) is 1.68. The number of nitrogens with zero attached hydrogens (tertiary/aromatic N) is 1. The zero-order valence-corrected chi connectivity index (χ0v) is 16.2. The molecule has 21 heavy (non-hydrogen) atoms. The van der Waals surface area contributed by atoms with E-state index in [-0.39, 0.29) is 29.9 Å². The molecule has 2 aliphatic rings. The summed E-state index contributed by atoms with van der Waals surface area (Å²) < 4.78 is 22.8. The molecule has 2 fully saturated rings. The molecule has 0 bridgehead atoms. The average molecular weight is 429 g/mol. The second-order valence-corrected chi connectivity index (χ2v) is 8.51. The number of hydrogen-bond acceptors (Lipinski definition) is 3. The lowest BCUT2D eigenvalue weighted by Gasteiger charge is -2.41. The van der Waals surface area contributed by atoms with Crippen LogP contribution >= 0.6 is 24.0 Å². The summed E-state index contributed by atoms with van der Waals surface area (Å²) in [6.45, 7) is 3.91. The molecule has 1 saturated heterocycles. The van der Waals surface area contributed by atoms with Crippen LogP contribution in [0.1, 0.15) is 39.0 Å². The highest BCUT2D eigenvalue weighted by molar-refractivity contribution is 14.0. The van der Waals surface area contributed by atoms with Crippen LogP contribution in [0.5, 0.6) is 0 Å². The van der Waals surface area contributed by atoms with Crippen LogP contribution in [0, 0.1) is 11.3 Å². The van der Waals surface area contributed by atoms with E-state index in [9.17, 15) is 8.42 Å². The second kappa shape index (κ2) is 7.99. The van der Waals surface area contributed by atoms with Gasteiger partial charge in [0.25, 0.3) is 0 Å². The summed E-state index contributed by atoms with van der Waals surface area (Å²) in [7, 11) is -1.02. The van der Waals surface area contributed by atoms with Gasteiger partial charge in [-0.3, -0.25) is 4.99 Å². The molecule has 124 valence electrons. The van der Waals surface area contributed by atoms with E-state index in [1.807, 2.05) is 0 Å². The van der Waals surface area contributed by atoms with Gasteiger partial charge >= 0.3 is 0 Å². The Balaban J connectivity index is 0.00000220. The van der Waals surface area contributed by atoms with Crippen molar-refractivity contribution in [3.05, 3.63) is 0 Å². The van der Waals surface area contributed by atoms with Crippen LogP contribution < -0.4 is 10.6 Å². The van der Waals surface area contributed by atoms with Gasteiger partial charge in [0.2, 0.25) is 0 Å². The predicted octanol–water partition coefficient (Wildman–Crippen LogP) is 1.78. The number of halogens is 1. The summed E-state index contributed by atoms with van der Waals surface area (Å²) in [4.78, 5) is 4.23. The number of rotatable bonds is 5. The fraction of sp³-hybridized carbons (Fsp3) is 0.929. The first kappa shape index (κ1) is 19.0. The number of aliphatic imine (C=N–C) groups is 1. The van der Waals surface area contributed by atoms with Crippen molar-refractivity contribution in [3.8, 4) is 0 Å². The first-order valence-corrected chi connectivity index (χ1v) is 9.46. The van der Waals surface area contributed by atoms with Gasteiger partial charge in [-0.05, 0) is 37.0 Å². The molecule has 5 nitrogen and oxygen atoms in total. The van der Waals surface area contributed by atoms with Gasteiger partial charge in [-0.2, -0.15) is 0 Å². The zero-order valence-electron chi connectivity index (χ0n) is 13.0. The van der Waals surface area contributed by atoms with Gasteiger partial charge in [0.1, 0.15) is 0 Å². The predicted molar refractivity (Wildman–Crippen MR) is 98.1 cm³/mol. The molecule has 1 unspecified atom stereocenters. The van der Waals surface area contributed by atoms with Crippen LogP contribution in [0.2, 0.25) is 0 Å². The molecule has 1 atom stereocenters. The number of guanidine groups is 1. The minimum Gasteiger partial charge on any atom is -0.356 e. The van der Waals surface area contributed by atoms with Gasteiger partial charge < -0.3 is 10.6 Å². The lowest BCUT2D eigenvalue weighted by atomic mass is 9.67. The first-order chi connectivity index (χ1) is 9.49. The van der Waals surface area contributed by atoms with E-state index in [4.69, 9.17) is 0 Å². The van der Waals surface area contributed by atoms with Crippen molar-refractivity contribution in [1.82, 2.24) is 10.6 Å². The van der Waals surface area contributed by atoms with E-state index in [0.717, 1.165) is 18.9 Å². The molecule has 1 aliphatic heterocycles. The third-order valence-corrected chi connectivity index (χ3v) is 6.74. The van der Waals surface area contributed by atoms with E-state index >= 15 is 0 Å². The molecule has 2 rings (SSSR count). The van der Waals surface area contributed by atoms with Crippen molar-refractivity contribution in [2.45, 2.75) is 39.0 Å². The Morgan fingerprint density at radius 1 is 1.33 bits per heavy atom. The summed E-state index contributed by atoms with van der Waals surface area (Å²) in [5.41, 5.74) is 0.453. The van der Waals surface area contributed by atoms with Crippen LogP contribution in [0.4, 0.5) is 0 Å². The summed E-state index contributed by atoms with van der Waals surface area (Å²) >= 11 is 0. The Hall–Kier alpha value is -0.0500. The van der Waals surface area contributed by atoms with Crippen molar-refractivity contribution in [2.75, 3.05) is 31.6 Å². The molecule has 0 amide bonds. The molecule has 0 aromatic heterocycles. The highest BCUT2D eigenvalue weighted by atomic mass is 127. The molecule has 0 aromatic carbocycles. The standard InChI is InChI=1S/C14H27N3O2S.HI/c1-3-14(6-4-7-14)11-17-13(15-2)16-9-12-5-8-20(18,19)10-12;/h12H,3-11H2,1-2H3,(H2,15,16,17);1H. The summed E-state index contributed by atoms with van der Waals surface area (Å²) in [5, 5.41) is 6.67. The Bertz CT molecular complexity index is 455. The smallest absolute Gasteiger partial charge is 0.191 e. The van der Waals surface area contributed by atoms with Crippen molar-refractivity contribution in [3.63, 3.8) is 0 Å². The number of sulfone groups is 1. The van der Waals surface area contributed by atoms with Crippen molar-refractivity contribution < 1.29 is 8.42 Å². The van der Waals surface area contributed by atoms with Crippen LogP contribution in [0.25, 0.3) is 0 Å². The molecular weight excluding hydrogens is 401 g/mol. The third-order valence-electron chi connectivity index (χ3n) is 4.90. The van der Waals surface area contributed by atoms with Gasteiger partial charge in [-0.25, -0.2) is 8.42 Å². The van der Waals surface area contributed by atoms with Crippen molar-refractivity contribution in [1.29, 1.82) is 0 Å². The first-order valence-electron chi connectivity index (χ1n) is 7.63. The Morgan fingerprint density at radius 3 is 2.48 bits per heavy atom. The zero-order chi connectivity index (χ0) is 14.6. The summed E-state index contributed by atoms with van der Waals surface area (Å²) in [6, 6.07) is 0. The molecule has 7 heteroatoms. The second-order valence-electron chi connectivity index (χ2n) is 6.28. The van der Waals surface area contributed by atoms with E-state index in [1.54, 1.807) is 7.05 Å². The Labute approximate surface area is 145 Å². The maximum Gasteiger partial charge on any atom is 0.191 e. The molecule has 1 aliphatic carbocycles. The molecule has 0 aromatic rings. The molecular formula is C14H28IN3O2S. The van der Waals surface area contributed by atoms with Crippen molar-refractivity contribution in [2.24, 2.45) is 16.3 Å². The lowest BCUT2D eigenvalue weighted by Crippen LogP contribution is -2.47. The van der Waals surface area contributed by atoms with Gasteiger partial charge in [0, 0.05) is 20.1 Å². The topological polar surface area (TPSA) is 70.6 Å². The van der Waals surface area contributed by atoms with Crippen molar-refractivity contribution >= 4 is 39.8 Å². The largest absolute Gasteiger partial charge is 0.356 e. The number of nitrogens with one attached hydrogen (secondary N) is 2. The summed E-state index contributed by atoms with van der Waals surface area (Å²) in [6.07, 6.45) is 5.91. The highest BCUT2D eigenvalue weighted by Crippen LogP contribution is 2.42. The maximum atomic E-state index is 11.4. The minimum atomic E-state index is -2.78. The van der Waals surface area contributed by atoms with Crippen LogP contribution in [0.15, 0.2) is 4.99 Å². The Kier molecular flexibility index (Phi) is 7.23. The molecule has 2 N–H and O–H groups in total. The number of hydrogen-bond donors (Lipinski definition) is 2. The molecule has 0 radical (unpaired) electrons. The van der Waals surface area contributed by atoms with E-state index < -0.39 is 9.84 Å². The van der Waals surface area contributed by atoms with Gasteiger partial charge in [-0.15, -0.1) is 24.0 Å². The van der Waals surface area contributed by atoms with Gasteiger partial charge in [-0.1, -0.05) is 13.3 Å². The maximum absolute atomic E-state index is 11.4. The SMILES string of the molecule is CCC1(CNC(=NC)NCC2CCS(=O)(=O)C2)CCC1.I. The quantitative estimate of drug-likeness (QED) is 0.397. The van der Waals surface area contributed by atoms with E-state index in [0.29, 0.717) is 23.5 Å². The highest BCUT2D eigenvalue weighted by Gasteiger charge is 2.35. The van der Waals surface area contributed by atoms with Crippen LogP contribution in [-0.2, 0) is 9.84 Å². The third kappa shape index (κ3) is 5.26. The monoisotopic (exact) mass is 429 g/mol. The normalized spacial score (nSPS) is 26.6. The average Bonchev–Trinajstić information content (AvgIpc) is 2.72. The van der Waals surface area contributed by atoms with Crippen LogP contribution in [-0.4, -0.2) is 46.0 Å². The van der Waals surface area contributed by atoms with Gasteiger partial charge in [0.15, 0.2) is 15.8 Å². The fourth-order valence-corrected chi connectivity index (χ4v) is 4.96. The lowest BCUT2D eigenvalue weighted by molar-refractivity contribution is 0.131. The molecule has 1 saturated carbocycles. The molecule has 0 spiro atoms. The molecule has 1 heterocycles. The van der Waals surface area contributed by atoms with E-state index in [1.165, 1.54) is 25.7 Å². The van der Waals surface area contributed by atoms with Crippen LogP contribution in [0.3, 0.4) is 0 Å². The van der Waals surface area contributed by atoms with Gasteiger partial charge in [0.05, 0.1) is 11.5 Å². The Morgan fingerprint density at radius 2 is 2.05 bits per heavy atom. The minimum absolute atomic E-state index is 0. The fourth-order valence-electron chi connectivity index (χ4n) is 3.10.